The lowest BCUT2D eigenvalue weighted by Gasteiger charge is -2.51. The van der Waals surface area contributed by atoms with E-state index in [9.17, 15) is 15.3 Å². The summed E-state index contributed by atoms with van der Waals surface area (Å²) < 4.78 is 36.7. The summed E-state index contributed by atoms with van der Waals surface area (Å²) in [5, 5.41) is 29.1. The van der Waals surface area contributed by atoms with Crippen LogP contribution in [0.2, 0.25) is 58.9 Å². The Bertz CT molecular complexity index is 983. The van der Waals surface area contributed by atoms with Gasteiger partial charge in [0.1, 0.15) is 65.7 Å². The van der Waals surface area contributed by atoms with Crippen LogP contribution in [-0.2, 0) is 22.8 Å². The second-order valence-electron chi connectivity index (χ2n) is 14.8. The molecule has 0 radical (unpaired) electrons. The molecule has 5 N–H and O–H groups in total. The van der Waals surface area contributed by atoms with Gasteiger partial charge in [-0.3, -0.25) is 4.74 Å². The van der Waals surface area contributed by atoms with Crippen LogP contribution in [0.1, 0.15) is 13.8 Å². The molecule has 12 atom stereocenters. The third kappa shape index (κ3) is 13.4. The van der Waals surface area contributed by atoms with E-state index in [1.54, 1.807) is 24.9 Å². The first-order valence-corrected chi connectivity index (χ1v) is 28.5. The van der Waals surface area contributed by atoms with Gasteiger partial charge >= 0.3 is 0 Å². The molecule has 0 unspecified atom stereocenters. The van der Waals surface area contributed by atoms with Crippen molar-refractivity contribution < 1.29 is 38.1 Å². The van der Waals surface area contributed by atoms with Crippen LogP contribution in [0.15, 0.2) is 29.0 Å². The van der Waals surface area contributed by atoms with E-state index < -0.39 is 60.8 Å². The van der Waals surface area contributed by atoms with Gasteiger partial charge in [0, 0.05) is 0 Å². The van der Waals surface area contributed by atoms with E-state index in [0.717, 1.165) is 5.57 Å². The van der Waals surface area contributed by atoms with E-state index in [-0.39, 0.29) is 35.9 Å². The first kappa shape index (κ1) is 43.6. The molecule has 2 heterocycles. The minimum absolute atomic E-state index is 0.148. The lowest BCUT2D eigenvalue weighted by atomic mass is 9.92. The Morgan fingerprint density at radius 1 is 0.711 bits per heavy atom. The normalized spacial score (nSPS) is 34.2. The minimum Gasteiger partial charge on any atom is -0.409 e. The monoisotopic (exact) mass is 744 g/mol. The van der Waals surface area contributed by atoms with Gasteiger partial charge < -0.3 is 43.8 Å². The lowest BCUT2D eigenvalue weighted by molar-refractivity contribution is -0.200. The van der Waals surface area contributed by atoms with Crippen molar-refractivity contribution in [2.45, 2.75) is 145 Å². The largest absolute Gasteiger partial charge is 0.409 e. The molecule has 2 rings (SSSR count). The van der Waals surface area contributed by atoms with Crippen LogP contribution in [0, 0.1) is 0 Å². The zero-order chi connectivity index (χ0) is 35.2. The average Bonchev–Trinajstić information content (AvgIpc) is 2.88. The van der Waals surface area contributed by atoms with Crippen molar-refractivity contribution in [1.29, 1.82) is 0 Å². The summed E-state index contributed by atoms with van der Waals surface area (Å²) in [7, 11) is -2.24. The first-order chi connectivity index (χ1) is 20.4. The minimum atomic E-state index is -1.90. The van der Waals surface area contributed by atoms with E-state index in [0.29, 0.717) is 5.57 Å². The van der Waals surface area contributed by atoms with Crippen molar-refractivity contribution in [3.63, 3.8) is 0 Å². The molecule has 16 heteroatoms. The Balaban J connectivity index is 0.000000532. The summed E-state index contributed by atoms with van der Waals surface area (Å²) in [6, 6.07) is -0.782. The molecule has 264 valence electrons. The van der Waals surface area contributed by atoms with Crippen LogP contribution in [0.5, 0.6) is 0 Å². The van der Waals surface area contributed by atoms with E-state index >= 15 is 0 Å². The van der Waals surface area contributed by atoms with Crippen LogP contribution in [0.4, 0.5) is 0 Å². The molecular formula is C29H61N2O8PS2Si3. The van der Waals surface area contributed by atoms with Gasteiger partial charge in [0.25, 0.3) is 0 Å². The maximum atomic E-state index is 9.78. The van der Waals surface area contributed by atoms with Crippen LogP contribution in [0.25, 0.3) is 0 Å². The zero-order valence-corrected chi connectivity index (χ0v) is 35.2. The fourth-order valence-corrected chi connectivity index (χ4v) is 10.1. The average molecular weight is 745 g/mol. The fraction of sp³-hybridized carbons (Fsp3) is 0.862. The number of aliphatic hydroxyl groups is 3. The summed E-state index contributed by atoms with van der Waals surface area (Å²) in [6.45, 7) is 31.4. The van der Waals surface area contributed by atoms with Crippen LogP contribution in [0.3, 0.4) is 0 Å². The molecule has 2 aliphatic rings. The summed E-state index contributed by atoms with van der Waals surface area (Å²) in [4.78, 5) is 0. The number of nitrogens with two attached hydrogens (primary N) is 1. The first-order valence-electron chi connectivity index (χ1n) is 15.3. The number of thioether (sulfide) groups is 2. The Labute approximate surface area is 286 Å². The zero-order valence-electron chi connectivity index (χ0n) is 29.6. The van der Waals surface area contributed by atoms with E-state index in [1.807, 2.05) is 6.92 Å². The van der Waals surface area contributed by atoms with Gasteiger partial charge in [0.05, 0.1) is 6.04 Å². The molecule has 45 heavy (non-hydrogen) atoms. The molecule has 0 aromatic heterocycles. The Hall–Kier alpha value is 0.571. The van der Waals surface area contributed by atoms with E-state index in [2.05, 4.69) is 92.1 Å². The molecule has 0 amide bonds. The predicted octanol–water partition coefficient (Wildman–Crippen LogP) is 5.07. The molecule has 2 saturated heterocycles. The highest BCUT2D eigenvalue weighted by Gasteiger charge is 2.53. The number of ether oxygens (including phenoxy) is 2. The van der Waals surface area contributed by atoms with Crippen LogP contribution >= 0.6 is 32.6 Å². The lowest BCUT2D eigenvalue weighted by Crippen LogP contribution is -2.66. The molecule has 0 bridgehead atoms. The summed E-state index contributed by atoms with van der Waals surface area (Å²) in [5.41, 5.74) is 6.68. The van der Waals surface area contributed by atoms with Gasteiger partial charge in [-0.15, -0.1) is 23.5 Å². The third-order valence-electron chi connectivity index (χ3n) is 6.95. The smallest absolute Gasteiger partial charge is 0.184 e. The quantitative estimate of drug-likeness (QED) is 0.114. The Morgan fingerprint density at radius 2 is 1.13 bits per heavy atom. The van der Waals surface area contributed by atoms with Gasteiger partial charge in [0.2, 0.25) is 0 Å². The van der Waals surface area contributed by atoms with Crippen molar-refractivity contribution >= 4 is 57.5 Å². The molecular weight excluding hydrogens is 684 g/mol. The molecule has 2 fully saturated rings. The number of hydrogen-bond acceptors (Lipinski definition) is 12. The molecule has 10 nitrogen and oxygen atoms in total. The van der Waals surface area contributed by atoms with Crippen molar-refractivity contribution in [3.05, 3.63) is 24.3 Å². The molecule has 0 aromatic carbocycles. The summed E-state index contributed by atoms with van der Waals surface area (Å²) >= 11 is 2.93. The molecule has 2 aliphatic heterocycles. The van der Waals surface area contributed by atoms with Crippen molar-refractivity contribution in [3.8, 4) is 0 Å². The molecule has 0 aromatic rings. The predicted molar refractivity (Wildman–Crippen MR) is 199 cm³/mol. The number of aliphatic hydroxyl groups excluding tert-OH is 3. The van der Waals surface area contributed by atoms with Crippen LogP contribution in [-0.4, -0.2) is 125 Å². The van der Waals surface area contributed by atoms with Gasteiger partial charge in [-0.1, -0.05) is 24.3 Å². The highest BCUT2D eigenvalue weighted by atomic mass is 32.2. The van der Waals surface area contributed by atoms with Crippen molar-refractivity contribution in [1.82, 2.24) is 0 Å². The Morgan fingerprint density at radius 3 is 1.51 bits per heavy atom. The van der Waals surface area contributed by atoms with Crippen LogP contribution < -0.4 is 5.73 Å². The topological polar surface area (TPSA) is 145 Å². The maximum Gasteiger partial charge on any atom is 0.184 e. The Kier molecular flexibility index (Phi) is 17.4. The van der Waals surface area contributed by atoms with E-state index in [1.165, 1.54) is 11.8 Å². The second-order valence-corrected chi connectivity index (χ2v) is 30.3. The van der Waals surface area contributed by atoms with Gasteiger partial charge in [-0.05, 0) is 94.3 Å². The van der Waals surface area contributed by atoms with Crippen molar-refractivity contribution in [2.75, 3.05) is 12.5 Å². The highest BCUT2D eigenvalue weighted by Crippen LogP contribution is 2.39. The van der Waals surface area contributed by atoms with Gasteiger partial charge in [-0.25, -0.2) is 0 Å². The van der Waals surface area contributed by atoms with Gasteiger partial charge in [0.15, 0.2) is 25.0 Å². The number of rotatable bonds is 13. The molecule has 0 spiro atoms. The van der Waals surface area contributed by atoms with Gasteiger partial charge in [-0.2, -0.15) is 0 Å². The fourth-order valence-electron chi connectivity index (χ4n) is 5.01. The van der Waals surface area contributed by atoms with E-state index in [4.69, 9.17) is 28.5 Å². The summed E-state index contributed by atoms with van der Waals surface area (Å²) in [6.07, 6.45) is -1.42. The SMILES string of the molecule is C=C(C)[C@@H](N)[C@H]1O[C@H](SC)[C@H](O)[C@@H](O)[C@H]1O.C=C(C)[C@@H](N=P)[C@H]1O[C@H](SC)[C@H](O[Si](C)(C)C)[C@H](O[Si](C)(C)C)[C@H]1O[Si](C)(C)C. The second kappa shape index (κ2) is 18.0. The molecule has 0 saturated carbocycles. The summed E-state index contributed by atoms with van der Waals surface area (Å²) in [5.74, 6) is 0. The third-order valence-corrected chi connectivity index (χ3v) is 11.9. The number of nitrogens with zero attached hydrogens (tertiary/aromatic N) is 1. The standard InChI is InChI=1S/C19H42NO4PSSi3.C10H19NO4S/c1-13(2)14(20-25)15-16(22-27(4,5)6)17(23-28(7,8)9)18(19(21-15)26-3)24-29(10,11)12;1-4(2)5(11)9-7(13)6(12)8(14)10(15-9)16-3/h14-19,25H,1H2,2-12H3;5-10,12-14H,1,11H2,2-3H3/t14-,15-,16+,17-,18-,19-;5-,6+,7-,8-,9-,10-/m11/s1. The molecule has 0 aliphatic carbocycles. The van der Waals surface area contributed by atoms with Crippen molar-refractivity contribution in [2.24, 2.45) is 10.5 Å². The maximum absolute atomic E-state index is 9.78. The number of hydrogen-bond donors (Lipinski definition) is 4. The highest BCUT2D eigenvalue weighted by molar-refractivity contribution is 7.99.